The number of morpholine rings is 1. The number of nitrogens with one attached hydrogen (secondary N) is 2. The van der Waals surface area contributed by atoms with Gasteiger partial charge >= 0.3 is 0 Å². The predicted octanol–water partition coefficient (Wildman–Crippen LogP) is 5.67. The lowest BCUT2D eigenvalue weighted by atomic mass is 9.66. The zero-order chi connectivity index (χ0) is 30.8. The number of aromatic nitrogens is 2. The Labute approximate surface area is 256 Å². The topological polar surface area (TPSA) is 106 Å². The number of amides is 2. The second-order valence-electron chi connectivity index (χ2n) is 11.9. The summed E-state index contributed by atoms with van der Waals surface area (Å²) in [7, 11) is 1.68. The Morgan fingerprint density at radius 1 is 0.932 bits per heavy atom. The molecule has 2 amide bonds. The van der Waals surface area contributed by atoms with Crippen LogP contribution < -0.4 is 16.2 Å². The molecule has 44 heavy (non-hydrogen) atoms. The molecule has 9 heteroatoms. The van der Waals surface area contributed by atoms with Crippen LogP contribution in [0.5, 0.6) is 0 Å². The van der Waals surface area contributed by atoms with E-state index in [0.29, 0.717) is 54.5 Å². The highest BCUT2D eigenvalue weighted by Crippen LogP contribution is 2.43. The first kappa shape index (κ1) is 29.3. The Bertz CT molecular complexity index is 1750. The predicted molar refractivity (Wildman–Crippen MR) is 172 cm³/mol. The van der Waals surface area contributed by atoms with Crippen LogP contribution in [0.3, 0.4) is 0 Å². The van der Waals surface area contributed by atoms with Crippen molar-refractivity contribution in [2.24, 2.45) is 7.05 Å². The Hall–Kier alpha value is -4.76. The molecule has 0 bridgehead atoms. The first-order valence-electron chi connectivity index (χ1n) is 15.1. The zero-order valence-corrected chi connectivity index (χ0v) is 25.4. The van der Waals surface area contributed by atoms with Gasteiger partial charge in [-0.15, -0.1) is 0 Å². The number of hydrogen-bond donors (Lipinski definition) is 2. The maximum atomic E-state index is 13.2. The van der Waals surface area contributed by atoms with E-state index in [4.69, 9.17) is 4.74 Å². The van der Waals surface area contributed by atoms with E-state index in [2.05, 4.69) is 34.7 Å². The smallest absolute Gasteiger partial charge is 0.293 e. The van der Waals surface area contributed by atoms with Crippen LogP contribution in [0.15, 0.2) is 77.7 Å². The molecular formula is C35H37N5O4. The van der Waals surface area contributed by atoms with Crippen LogP contribution >= 0.6 is 0 Å². The summed E-state index contributed by atoms with van der Waals surface area (Å²) in [6.07, 6.45) is 5.31. The van der Waals surface area contributed by atoms with Crippen LogP contribution in [0, 0.1) is 6.92 Å². The first-order chi connectivity index (χ1) is 21.2. The molecule has 226 valence electrons. The summed E-state index contributed by atoms with van der Waals surface area (Å²) in [5.74, 6) is -0.0633. The minimum atomic E-state index is -0.288. The summed E-state index contributed by atoms with van der Waals surface area (Å²) in [4.78, 5) is 45.4. The highest BCUT2D eigenvalue weighted by molar-refractivity contribution is 6.05. The van der Waals surface area contributed by atoms with E-state index in [0.717, 1.165) is 11.1 Å². The van der Waals surface area contributed by atoms with E-state index in [9.17, 15) is 14.4 Å². The molecule has 9 nitrogen and oxygen atoms in total. The van der Waals surface area contributed by atoms with Crippen molar-refractivity contribution in [3.8, 4) is 11.3 Å². The molecule has 2 N–H and O–H groups in total. The number of benzene rings is 3. The van der Waals surface area contributed by atoms with E-state index in [1.807, 2.05) is 37.3 Å². The van der Waals surface area contributed by atoms with E-state index in [1.54, 1.807) is 42.4 Å². The quantitative estimate of drug-likeness (QED) is 0.287. The number of ether oxygens (including phenoxy) is 1. The molecule has 3 aromatic carbocycles. The Kier molecular flexibility index (Phi) is 8.05. The van der Waals surface area contributed by atoms with Gasteiger partial charge in [-0.3, -0.25) is 14.4 Å². The lowest BCUT2D eigenvalue weighted by Gasteiger charge is -2.39. The third-order valence-electron chi connectivity index (χ3n) is 8.92. The van der Waals surface area contributed by atoms with Crippen molar-refractivity contribution in [2.75, 3.05) is 36.9 Å². The SMILES string of the molecule is Cc1c(NC(=O)c2ccc(C3(C)CCC3)cc2)cccc1-c1cn(C)c(=O)c(Nc2ccc(C(=O)N3CCOCC3)cc2)n1. The van der Waals surface area contributed by atoms with E-state index in [1.165, 1.54) is 29.4 Å². The van der Waals surface area contributed by atoms with Crippen molar-refractivity contribution in [3.63, 3.8) is 0 Å². The fourth-order valence-corrected chi connectivity index (χ4v) is 5.86. The average Bonchev–Trinajstić information content (AvgIpc) is 3.03. The summed E-state index contributed by atoms with van der Waals surface area (Å²) in [6, 6.07) is 20.6. The molecule has 6 rings (SSSR count). The monoisotopic (exact) mass is 591 g/mol. The van der Waals surface area contributed by atoms with Crippen LogP contribution in [0.25, 0.3) is 11.3 Å². The van der Waals surface area contributed by atoms with Crippen molar-refractivity contribution in [1.82, 2.24) is 14.5 Å². The van der Waals surface area contributed by atoms with E-state index < -0.39 is 0 Å². The molecule has 1 aromatic heterocycles. The standard InChI is InChI=1S/C35H37N5O4/c1-23-28(6-4-7-29(23)38-32(41)24-8-12-26(13-9-24)35(2)16-5-17-35)30-22-39(3)34(43)31(37-30)36-27-14-10-25(11-15-27)33(42)40-18-20-44-21-19-40/h4,6-15,22H,5,16-21H2,1-3H3,(H,36,37)(H,38,41). The molecule has 1 aliphatic carbocycles. The third kappa shape index (κ3) is 5.88. The molecular weight excluding hydrogens is 554 g/mol. The minimum Gasteiger partial charge on any atom is -0.378 e. The Morgan fingerprint density at radius 2 is 1.61 bits per heavy atom. The van der Waals surface area contributed by atoms with Crippen LogP contribution in [-0.4, -0.2) is 52.6 Å². The summed E-state index contributed by atoms with van der Waals surface area (Å²) >= 11 is 0. The van der Waals surface area contributed by atoms with Gasteiger partial charge < -0.3 is 24.8 Å². The van der Waals surface area contributed by atoms with Gasteiger partial charge in [0.05, 0.1) is 18.9 Å². The van der Waals surface area contributed by atoms with Crippen LogP contribution in [0.1, 0.15) is 58.0 Å². The van der Waals surface area contributed by atoms with Crippen LogP contribution in [0.2, 0.25) is 0 Å². The second kappa shape index (κ2) is 12.1. The van der Waals surface area contributed by atoms with Gasteiger partial charge in [0.25, 0.3) is 17.4 Å². The zero-order valence-electron chi connectivity index (χ0n) is 25.4. The largest absolute Gasteiger partial charge is 0.378 e. The number of anilines is 3. The number of aryl methyl sites for hydroxylation is 1. The average molecular weight is 592 g/mol. The maximum Gasteiger partial charge on any atom is 0.293 e. The van der Waals surface area contributed by atoms with Gasteiger partial charge in [0, 0.05) is 54.4 Å². The Morgan fingerprint density at radius 3 is 2.27 bits per heavy atom. The number of rotatable bonds is 7. The van der Waals surface area contributed by atoms with Crippen LogP contribution in [-0.2, 0) is 17.2 Å². The molecule has 0 spiro atoms. The first-order valence-corrected chi connectivity index (χ1v) is 15.1. The highest BCUT2D eigenvalue weighted by Gasteiger charge is 2.33. The lowest BCUT2D eigenvalue weighted by molar-refractivity contribution is 0.0303. The maximum absolute atomic E-state index is 13.2. The van der Waals surface area contributed by atoms with Gasteiger partial charge in [-0.2, -0.15) is 0 Å². The fourth-order valence-electron chi connectivity index (χ4n) is 5.86. The normalized spacial score (nSPS) is 15.8. The number of carbonyl (C=O) groups excluding carboxylic acids is 2. The van der Waals surface area contributed by atoms with E-state index >= 15 is 0 Å². The molecule has 1 saturated heterocycles. The van der Waals surface area contributed by atoms with Gasteiger partial charge in [-0.1, -0.05) is 37.6 Å². The van der Waals surface area contributed by atoms with Crippen LogP contribution in [0.4, 0.5) is 17.2 Å². The van der Waals surface area contributed by atoms with Crippen molar-refractivity contribution < 1.29 is 14.3 Å². The van der Waals surface area contributed by atoms with Crippen molar-refractivity contribution in [1.29, 1.82) is 0 Å². The third-order valence-corrected chi connectivity index (χ3v) is 8.92. The molecule has 2 fully saturated rings. The summed E-state index contributed by atoms with van der Waals surface area (Å²) in [5.41, 5.74) is 5.92. The number of carbonyl (C=O) groups is 2. The minimum absolute atomic E-state index is 0.0432. The molecule has 4 aromatic rings. The molecule has 2 heterocycles. The molecule has 1 saturated carbocycles. The van der Waals surface area contributed by atoms with Gasteiger partial charge in [-0.25, -0.2) is 4.98 Å². The molecule has 2 aliphatic rings. The second-order valence-corrected chi connectivity index (χ2v) is 11.9. The van der Waals surface area contributed by atoms with E-state index in [-0.39, 0.29) is 28.6 Å². The van der Waals surface area contributed by atoms with Crippen molar-refractivity contribution in [2.45, 2.75) is 38.5 Å². The van der Waals surface area contributed by atoms with Crippen molar-refractivity contribution >= 4 is 29.0 Å². The van der Waals surface area contributed by atoms with Gasteiger partial charge in [0.15, 0.2) is 5.82 Å². The van der Waals surface area contributed by atoms with Gasteiger partial charge in [0.2, 0.25) is 0 Å². The fraction of sp³-hybridized carbons (Fsp3) is 0.314. The summed E-state index contributed by atoms with van der Waals surface area (Å²) in [5, 5.41) is 6.17. The lowest BCUT2D eigenvalue weighted by Crippen LogP contribution is -2.40. The summed E-state index contributed by atoms with van der Waals surface area (Å²) < 4.78 is 6.82. The molecule has 1 aliphatic heterocycles. The number of nitrogens with zero attached hydrogens (tertiary/aromatic N) is 3. The number of hydrogen-bond acceptors (Lipinski definition) is 6. The molecule has 0 unspecified atom stereocenters. The Balaban J connectivity index is 1.20. The molecule has 0 atom stereocenters. The molecule has 0 radical (unpaired) electrons. The highest BCUT2D eigenvalue weighted by atomic mass is 16.5. The van der Waals surface area contributed by atoms with Gasteiger partial charge in [0.1, 0.15) is 0 Å². The van der Waals surface area contributed by atoms with Crippen molar-refractivity contribution in [3.05, 3.63) is 106 Å². The van der Waals surface area contributed by atoms with Gasteiger partial charge in [-0.05, 0) is 78.8 Å². The summed E-state index contributed by atoms with van der Waals surface area (Å²) in [6.45, 7) is 6.43.